The van der Waals surface area contributed by atoms with Crippen molar-refractivity contribution in [2.24, 2.45) is 0 Å². The smallest absolute Gasteiger partial charge is 0.311 e. The highest BCUT2D eigenvalue weighted by Gasteiger charge is 2.14. The number of anilines is 1. The molecule has 1 heterocycles. The molecule has 0 unspecified atom stereocenters. The van der Waals surface area contributed by atoms with Gasteiger partial charge in [0.05, 0.1) is 23.0 Å². The molecular weight excluding hydrogens is 258 g/mol. The number of benzene rings is 1. The second-order valence-corrected chi connectivity index (χ2v) is 4.16. The molecule has 0 saturated carbocycles. The highest BCUT2D eigenvalue weighted by Crippen LogP contribution is 2.31. The molecule has 1 N–H and O–H groups in total. The third kappa shape index (κ3) is 3.44. The fourth-order valence-corrected chi connectivity index (χ4v) is 1.66. The van der Waals surface area contributed by atoms with E-state index in [2.05, 4.69) is 17.2 Å². The zero-order valence-corrected chi connectivity index (χ0v) is 11.1. The number of para-hydroxylation sites is 2. The Morgan fingerprint density at radius 1 is 1.35 bits per heavy atom. The second kappa shape index (κ2) is 6.51. The molecule has 6 heteroatoms. The number of ether oxygens (including phenoxy) is 1. The van der Waals surface area contributed by atoms with E-state index < -0.39 is 4.92 Å². The van der Waals surface area contributed by atoms with Gasteiger partial charge < -0.3 is 10.1 Å². The molecule has 6 nitrogen and oxygen atoms in total. The lowest BCUT2D eigenvalue weighted by atomic mass is 10.3. The first kappa shape index (κ1) is 13.8. The summed E-state index contributed by atoms with van der Waals surface area (Å²) < 4.78 is 5.55. The van der Waals surface area contributed by atoms with E-state index in [1.807, 2.05) is 0 Å². The van der Waals surface area contributed by atoms with Crippen LogP contribution in [-0.2, 0) is 0 Å². The Morgan fingerprint density at radius 2 is 2.15 bits per heavy atom. The van der Waals surface area contributed by atoms with Crippen LogP contribution in [0.3, 0.4) is 0 Å². The Morgan fingerprint density at radius 3 is 2.90 bits per heavy atom. The number of nitro benzene ring substituents is 1. The van der Waals surface area contributed by atoms with Gasteiger partial charge in [-0.2, -0.15) is 0 Å². The van der Waals surface area contributed by atoms with Crippen molar-refractivity contribution in [3.8, 4) is 11.5 Å². The zero-order valence-electron chi connectivity index (χ0n) is 11.1. The van der Waals surface area contributed by atoms with E-state index in [9.17, 15) is 10.1 Å². The maximum Gasteiger partial charge on any atom is 0.311 e. The Bertz CT molecular complexity index is 602. The summed E-state index contributed by atoms with van der Waals surface area (Å²) in [6, 6.07) is 8.02. The number of hydrogen-bond donors (Lipinski definition) is 1. The van der Waals surface area contributed by atoms with E-state index in [1.54, 1.807) is 30.5 Å². The Hall–Kier alpha value is -2.63. The van der Waals surface area contributed by atoms with Crippen molar-refractivity contribution < 1.29 is 9.66 Å². The number of hydrogen-bond acceptors (Lipinski definition) is 5. The van der Waals surface area contributed by atoms with Crippen molar-refractivity contribution in [1.82, 2.24) is 4.98 Å². The fraction of sp³-hybridized carbons (Fsp3) is 0.214. The fourth-order valence-electron chi connectivity index (χ4n) is 1.66. The van der Waals surface area contributed by atoms with Crippen LogP contribution in [0.15, 0.2) is 42.7 Å². The molecular formula is C14H15N3O3. The van der Waals surface area contributed by atoms with Crippen LogP contribution in [0.1, 0.15) is 13.3 Å². The minimum absolute atomic E-state index is 0.0700. The first-order valence-electron chi connectivity index (χ1n) is 6.31. The summed E-state index contributed by atoms with van der Waals surface area (Å²) in [5.41, 5.74) is 0.752. The zero-order chi connectivity index (χ0) is 14.4. The Labute approximate surface area is 116 Å². The molecule has 0 amide bonds. The van der Waals surface area contributed by atoms with Crippen molar-refractivity contribution in [2.75, 3.05) is 11.9 Å². The number of aromatic nitrogens is 1. The highest BCUT2D eigenvalue weighted by atomic mass is 16.6. The molecule has 1 aromatic heterocycles. The quantitative estimate of drug-likeness (QED) is 0.642. The second-order valence-electron chi connectivity index (χ2n) is 4.16. The van der Waals surface area contributed by atoms with Crippen molar-refractivity contribution in [2.45, 2.75) is 13.3 Å². The summed E-state index contributed by atoms with van der Waals surface area (Å²) >= 11 is 0. The third-order valence-corrected chi connectivity index (χ3v) is 2.58. The standard InChI is InChI=1S/C14H15N3O3/c1-2-7-16-11-8-12(10-15-9-11)20-14-6-4-3-5-13(14)17(18)19/h3-6,8-10,16H,2,7H2,1H3. The average molecular weight is 273 g/mol. The number of nitrogens with one attached hydrogen (secondary N) is 1. The van der Waals surface area contributed by atoms with Crippen LogP contribution in [0.5, 0.6) is 11.5 Å². The molecule has 104 valence electrons. The van der Waals surface area contributed by atoms with Crippen molar-refractivity contribution in [1.29, 1.82) is 0 Å². The van der Waals surface area contributed by atoms with Gasteiger partial charge in [0.15, 0.2) is 0 Å². The molecule has 0 aliphatic heterocycles. The van der Waals surface area contributed by atoms with Gasteiger partial charge >= 0.3 is 5.69 Å². The van der Waals surface area contributed by atoms with E-state index in [1.165, 1.54) is 12.3 Å². The average Bonchev–Trinajstić information content (AvgIpc) is 2.46. The lowest BCUT2D eigenvalue weighted by Crippen LogP contribution is -2.00. The monoisotopic (exact) mass is 273 g/mol. The maximum atomic E-state index is 10.9. The van der Waals surface area contributed by atoms with Gasteiger partial charge in [0.2, 0.25) is 5.75 Å². The summed E-state index contributed by atoms with van der Waals surface area (Å²) in [5, 5.41) is 14.1. The minimum atomic E-state index is -0.470. The van der Waals surface area contributed by atoms with Crippen LogP contribution in [0, 0.1) is 10.1 Å². The van der Waals surface area contributed by atoms with E-state index in [0.717, 1.165) is 18.7 Å². The number of pyridine rings is 1. The largest absolute Gasteiger partial charge is 0.448 e. The summed E-state index contributed by atoms with van der Waals surface area (Å²) in [4.78, 5) is 14.5. The first-order valence-corrected chi connectivity index (χ1v) is 6.31. The first-order chi connectivity index (χ1) is 9.70. The van der Waals surface area contributed by atoms with Gasteiger partial charge in [-0.05, 0) is 12.5 Å². The molecule has 0 saturated heterocycles. The molecule has 20 heavy (non-hydrogen) atoms. The molecule has 0 spiro atoms. The lowest BCUT2D eigenvalue weighted by molar-refractivity contribution is -0.385. The van der Waals surface area contributed by atoms with E-state index in [0.29, 0.717) is 5.75 Å². The summed E-state index contributed by atoms with van der Waals surface area (Å²) in [5.74, 6) is 0.660. The van der Waals surface area contributed by atoms with Crippen LogP contribution in [-0.4, -0.2) is 16.5 Å². The number of nitrogens with zero attached hydrogens (tertiary/aromatic N) is 2. The van der Waals surface area contributed by atoms with Crippen LogP contribution >= 0.6 is 0 Å². The SMILES string of the molecule is CCCNc1cncc(Oc2ccccc2[N+](=O)[O-])c1. The van der Waals surface area contributed by atoms with Crippen LogP contribution in [0.25, 0.3) is 0 Å². The van der Waals surface area contributed by atoms with Gasteiger partial charge in [0.1, 0.15) is 5.75 Å². The lowest BCUT2D eigenvalue weighted by Gasteiger charge is -2.08. The van der Waals surface area contributed by atoms with E-state index in [4.69, 9.17) is 4.74 Å². The summed E-state index contributed by atoms with van der Waals surface area (Å²) in [6.07, 6.45) is 4.20. The number of rotatable bonds is 6. The molecule has 1 aromatic carbocycles. The molecule has 0 atom stereocenters. The topological polar surface area (TPSA) is 77.3 Å². The molecule has 0 bridgehead atoms. The molecule has 0 radical (unpaired) electrons. The Kier molecular flexibility index (Phi) is 4.49. The van der Waals surface area contributed by atoms with Crippen molar-refractivity contribution in [3.63, 3.8) is 0 Å². The Balaban J connectivity index is 2.20. The van der Waals surface area contributed by atoms with Crippen molar-refractivity contribution in [3.05, 3.63) is 52.8 Å². The molecule has 0 aliphatic rings. The van der Waals surface area contributed by atoms with E-state index >= 15 is 0 Å². The van der Waals surface area contributed by atoms with Crippen LogP contribution in [0.2, 0.25) is 0 Å². The molecule has 2 aromatic rings. The van der Waals surface area contributed by atoms with Gasteiger partial charge in [-0.25, -0.2) is 0 Å². The van der Waals surface area contributed by atoms with Crippen LogP contribution in [0.4, 0.5) is 11.4 Å². The van der Waals surface area contributed by atoms with Gasteiger partial charge in [-0.15, -0.1) is 0 Å². The van der Waals surface area contributed by atoms with Gasteiger partial charge in [-0.3, -0.25) is 15.1 Å². The van der Waals surface area contributed by atoms with Gasteiger partial charge in [0, 0.05) is 18.7 Å². The van der Waals surface area contributed by atoms with Crippen molar-refractivity contribution >= 4 is 11.4 Å². The molecule has 0 fully saturated rings. The normalized spacial score (nSPS) is 10.1. The molecule has 0 aliphatic carbocycles. The minimum Gasteiger partial charge on any atom is -0.448 e. The van der Waals surface area contributed by atoms with E-state index in [-0.39, 0.29) is 11.4 Å². The highest BCUT2D eigenvalue weighted by molar-refractivity contribution is 5.50. The molecule has 2 rings (SSSR count). The third-order valence-electron chi connectivity index (χ3n) is 2.58. The van der Waals surface area contributed by atoms with Crippen LogP contribution < -0.4 is 10.1 Å². The summed E-state index contributed by atoms with van der Waals surface area (Å²) in [6.45, 7) is 2.89. The van der Waals surface area contributed by atoms with Gasteiger partial charge in [-0.1, -0.05) is 19.1 Å². The summed E-state index contributed by atoms with van der Waals surface area (Å²) in [7, 11) is 0. The predicted octanol–water partition coefficient (Wildman–Crippen LogP) is 3.60. The maximum absolute atomic E-state index is 10.9. The number of nitro groups is 1. The predicted molar refractivity (Wildman–Crippen MR) is 76.2 cm³/mol. The van der Waals surface area contributed by atoms with Gasteiger partial charge in [0.25, 0.3) is 0 Å².